The summed E-state index contributed by atoms with van der Waals surface area (Å²) >= 11 is 0. The zero-order valence-corrected chi connectivity index (χ0v) is 12.2. The average molecular weight is 288 g/mol. The number of aliphatic hydroxyl groups is 1. The number of carbonyl (C=O) groups is 1. The Labute approximate surface area is 124 Å². The number of nitrogens with one attached hydrogen (secondary N) is 1. The Morgan fingerprint density at radius 1 is 1.33 bits per heavy atom. The van der Waals surface area contributed by atoms with Crippen molar-refractivity contribution < 1.29 is 14.3 Å². The second kappa shape index (κ2) is 6.95. The van der Waals surface area contributed by atoms with E-state index >= 15 is 0 Å². The number of nitrogens with zero attached hydrogens (tertiary/aromatic N) is 1. The molecule has 0 fully saturated rings. The summed E-state index contributed by atoms with van der Waals surface area (Å²) in [6, 6.07) is 10.7. The Morgan fingerprint density at radius 3 is 2.62 bits per heavy atom. The quantitative estimate of drug-likeness (QED) is 0.855. The molecular formula is C16H20N2O3. The van der Waals surface area contributed by atoms with Gasteiger partial charge in [-0.15, -0.1) is 0 Å². The third-order valence-electron chi connectivity index (χ3n) is 3.37. The van der Waals surface area contributed by atoms with Crippen LogP contribution in [0.4, 0.5) is 5.69 Å². The van der Waals surface area contributed by atoms with Gasteiger partial charge in [-0.2, -0.15) is 0 Å². The van der Waals surface area contributed by atoms with E-state index < -0.39 is 6.10 Å². The van der Waals surface area contributed by atoms with Crippen molar-refractivity contribution in [3.05, 3.63) is 54.0 Å². The lowest BCUT2D eigenvalue weighted by atomic mass is 10.1. The first-order valence-electron chi connectivity index (χ1n) is 6.92. The van der Waals surface area contributed by atoms with Crippen LogP contribution < -0.4 is 10.2 Å². The van der Waals surface area contributed by atoms with Crippen molar-refractivity contribution in [1.82, 2.24) is 5.32 Å². The first-order chi connectivity index (χ1) is 10.1. The van der Waals surface area contributed by atoms with E-state index in [0.717, 1.165) is 12.2 Å². The van der Waals surface area contributed by atoms with Crippen LogP contribution in [0.1, 0.15) is 29.1 Å². The Kier molecular flexibility index (Phi) is 5.00. The largest absolute Gasteiger partial charge is 0.467 e. The van der Waals surface area contributed by atoms with Crippen LogP contribution in [0, 0.1) is 0 Å². The Bertz CT molecular complexity index is 564. The molecule has 1 unspecified atom stereocenters. The van der Waals surface area contributed by atoms with Crippen LogP contribution in [0.5, 0.6) is 0 Å². The van der Waals surface area contributed by atoms with Crippen molar-refractivity contribution in [2.24, 2.45) is 0 Å². The van der Waals surface area contributed by atoms with Crippen molar-refractivity contribution >= 4 is 11.6 Å². The molecule has 0 saturated heterocycles. The lowest BCUT2D eigenvalue weighted by Gasteiger charge is -2.17. The summed E-state index contributed by atoms with van der Waals surface area (Å²) in [6.07, 6.45) is 0.651. The highest BCUT2D eigenvalue weighted by molar-refractivity contribution is 5.94. The Morgan fingerprint density at radius 2 is 2.05 bits per heavy atom. The van der Waals surface area contributed by atoms with Crippen LogP contribution in [0.15, 0.2) is 47.1 Å². The molecule has 0 aliphatic rings. The summed E-state index contributed by atoms with van der Waals surface area (Å²) < 4.78 is 5.08. The van der Waals surface area contributed by atoms with Crippen LogP contribution >= 0.6 is 0 Å². The van der Waals surface area contributed by atoms with Gasteiger partial charge in [0.1, 0.15) is 11.9 Å². The monoisotopic (exact) mass is 288 g/mol. The third kappa shape index (κ3) is 3.86. The molecule has 0 spiro atoms. The van der Waals surface area contributed by atoms with Crippen molar-refractivity contribution in [3.8, 4) is 0 Å². The second-order valence-electron chi connectivity index (χ2n) is 4.80. The first kappa shape index (κ1) is 15.1. The molecule has 1 aromatic carbocycles. The van der Waals surface area contributed by atoms with Crippen LogP contribution in [-0.2, 0) is 0 Å². The van der Waals surface area contributed by atoms with Gasteiger partial charge in [0, 0.05) is 24.8 Å². The predicted octanol–water partition coefficient (Wildman–Crippen LogP) is 2.20. The molecule has 21 heavy (non-hydrogen) atoms. The SMILES string of the molecule is CCN(C)c1ccc(C(=O)NCC(O)c2ccco2)cc1. The molecule has 1 aromatic heterocycles. The fraction of sp³-hybridized carbons (Fsp3) is 0.312. The maximum atomic E-state index is 12.0. The maximum absolute atomic E-state index is 12.0. The molecule has 2 N–H and O–H groups in total. The van der Waals surface area contributed by atoms with Crippen molar-refractivity contribution in [2.75, 3.05) is 25.0 Å². The van der Waals surface area contributed by atoms with E-state index in [9.17, 15) is 9.90 Å². The minimum atomic E-state index is -0.838. The first-order valence-corrected chi connectivity index (χ1v) is 6.92. The zero-order chi connectivity index (χ0) is 15.2. The molecule has 1 amide bonds. The van der Waals surface area contributed by atoms with E-state index in [4.69, 9.17) is 4.42 Å². The van der Waals surface area contributed by atoms with Gasteiger partial charge in [-0.25, -0.2) is 0 Å². The van der Waals surface area contributed by atoms with Gasteiger partial charge in [0.15, 0.2) is 0 Å². The minimum absolute atomic E-state index is 0.114. The molecule has 112 valence electrons. The van der Waals surface area contributed by atoms with Crippen LogP contribution in [0.3, 0.4) is 0 Å². The van der Waals surface area contributed by atoms with Gasteiger partial charge >= 0.3 is 0 Å². The number of hydrogen-bond acceptors (Lipinski definition) is 4. The molecule has 0 aliphatic carbocycles. The number of furan rings is 1. The van der Waals surface area contributed by atoms with E-state index in [1.165, 1.54) is 6.26 Å². The fourth-order valence-electron chi connectivity index (χ4n) is 1.92. The topological polar surface area (TPSA) is 65.7 Å². The van der Waals surface area contributed by atoms with Gasteiger partial charge in [-0.1, -0.05) is 0 Å². The third-order valence-corrected chi connectivity index (χ3v) is 3.37. The lowest BCUT2D eigenvalue weighted by molar-refractivity contribution is 0.0901. The molecule has 0 radical (unpaired) electrons. The summed E-state index contributed by atoms with van der Waals surface area (Å²) in [5.74, 6) is 0.224. The molecule has 1 heterocycles. The van der Waals surface area contributed by atoms with Crippen molar-refractivity contribution in [1.29, 1.82) is 0 Å². The lowest BCUT2D eigenvalue weighted by Crippen LogP contribution is -2.28. The number of anilines is 1. The van der Waals surface area contributed by atoms with E-state index in [1.807, 2.05) is 19.2 Å². The van der Waals surface area contributed by atoms with Gasteiger partial charge < -0.3 is 19.7 Å². The highest BCUT2D eigenvalue weighted by atomic mass is 16.4. The predicted molar refractivity (Wildman–Crippen MR) is 81.4 cm³/mol. The van der Waals surface area contributed by atoms with E-state index in [0.29, 0.717) is 11.3 Å². The molecule has 2 aromatic rings. The number of carbonyl (C=O) groups excluding carboxylic acids is 1. The normalized spacial score (nSPS) is 12.0. The molecule has 0 aliphatic heterocycles. The number of aliphatic hydroxyl groups excluding tert-OH is 1. The number of amides is 1. The molecular weight excluding hydrogens is 268 g/mol. The summed E-state index contributed by atoms with van der Waals surface area (Å²) in [5.41, 5.74) is 1.62. The maximum Gasteiger partial charge on any atom is 0.251 e. The smallest absolute Gasteiger partial charge is 0.251 e. The Balaban J connectivity index is 1.91. The number of benzene rings is 1. The molecule has 5 heteroatoms. The fourth-order valence-corrected chi connectivity index (χ4v) is 1.92. The number of rotatable bonds is 6. The van der Waals surface area contributed by atoms with Crippen molar-refractivity contribution in [2.45, 2.75) is 13.0 Å². The number of hydrogen-bond donors (Lipinski definition) is 2. The standard InChI is InChI=1S/C16H20N2O3/c1-3-18(2)13-8-6-12(7-9-13)16(20)17-11-14(19)15-5-4-10-21-15/h4-10,14,19H,3,11H2,1-2H3,(H,17,20). The molecule has 0 bridgehead atoms. The zero-order valence-electron chi connectivity index (χ0n) is 12.2. The molecule has 0 saturated carbocycles. The van der Waals surface area contributed by atoms with E-state index in [1.54, 1.807) is 24.3 Å². The second-order valence-corrected chi connectivity index (χ2v) is 4.80. The molecule has 2 rings (SSSR count). The highest BCUT2D eigenvalue weighted by Crippen LogP contribution is 2.14. The van der Waals surface area contributed by atoms with Gasteiger partial charge in [-0.3, -0.25) is 4.79 Å². The van der Waals surface area contributed by atoms with Crippen LogP contribution in [0.25, 0.3) is 0 Å². The van der Waals surface area contributed by atoms with E-state index in [-0.39, 0.29) is 12.5 Å². The van der Waals surface area contributed by atoms with Crippen molar-refractivity contribution in [3.63, 3.8) is 0 Å². The van der Waals surface area contributed by atoms with Gasteiger partial charge in [0.05, 0.1) is 12.8 Å². The molecule has 5 nitrogen and oxygen atoms in total. The minimum Gasteiger partial charge on any atom is -0.467 e. The van der Waals surface area contributed by atoms with Gasteiger partial charge in [0.2, 0.25) is 0 Å². The van der Waals surface area contributed by atoms with E-state index in [2.05, 4.69) is 17.1 Å². The van der Waals surface area contributed by atoms with Crippen LogP contribution in [0.2, 0.25) is 0 Å². The molecule has 1 atom stereocenters. The van der Waals surface area contributed by atoms with Gasteiger partial charge in [0.25, 0.3) is 5.91 Å². The highest BCUT2D eigenvalue weighted by Gasteiger charge is 2.13. The summed E-state index contributed by atoms with van der Waals surface area (Å²) in [7, 11) is 1.99. The Hall–Kier alpha value is -2.27. The summed E-state index contributed by atoms with van der Waals surface area (Å²) in [6.45, 7) is 3.08. The van der Waals surface area contributed by atoms with Crippen LogP contribution in [-0.4, -0.2) is 31.2 Å². The average Bonchev–Trinajstić information content (AvgIpc) is 3.06. The summed E-state index contributed by atoms with van der Waals surface area (Å²) in [5, 5.41) is 12.5. The summed E-state index contributed by atoms with van der Waals surface area (Å²) in [4.78, 5) is 14.1. The van der Waals surface area contributed by atoms with Gasteiger partial charge in [-0.05, 0) is 43.3 Å².